The van der Waals surface area contributed by atoms with Gasteiger partial charge in [0.1, 0.15) is 5.75 Å². The third-order valence-electron chi connectivity index (χ3n) is 7.56. The number of anilines is 2. The minimum Gasteiger partial charge on any atom is -0.496 e. The van der Waals surface area contributed by atoms with Crippen LogP contribution in [0.25, 0.3) is 0 Å². The Morgan fingerprint density at radius 3 is 2.42 bits per heavy atom. The molecule has 0 radical (unpaired) electrons. The van der Waals surface area contributed by atoms with E-state index < -0.39 is 0 Å². The first-order valence-electron chi connectivity index (χ1n) is 12.8. The Labute approximate surface area is 219 Å². The molecule has 2 aliphatic rings. The van der Waals surface area contributed by atoms with E-state index in [1.807, 2.05) is 18.2 Å². The molecule has 2 aromatic carbocycles. The van der Waals surface area contributed by atoms with Crippen LogP contribution in [0.1, 0.15) is 50.2 Å². The first-order valence-corrected chi connectivity index (χ1v) is 13.1. The number of piperidine rings is 1. The smallest absolute Gasteiger partial charge is 0.229 e. The Hall–Kier alpha value is -2.64. The number of benzene rings is 2. The van der Waals surface area contributed by atoms with E-state index in [4.69, 9.17) is 25.8 Å². The van der Waals surface area contributed by atoms with Gasteiger partial charge in [-0.15, -0.1) is 0 Å². The summed E-state index contributed by atoms with van der Waals surface area (Å²) in [6, 6.07) is 8.45. The molecule has 0 aliphatic carbocycles. The van der Waals surface area contributed by atoms with E-state index in [9.17, 15) is 4.79 Å². The molecule has 1 fully saturated rings. The van der Waals surface area contributed by atoms with Crippen LogP contribution in [-0.4, -0.2) is 57.8 Å². The van der Waals surface area contributed by atoms with Crippen molar-refractivity contribution in [3.05, 3.63) is 40.4 Å². The summed E-state index contributed by atoms with van der Waals surface area (Å²) in [7, 11) is 4.88. The van der Waals surface area contributed by atoms with Gasteiger partial charge in [0.2, 0.25) is 5.91 Å². The van der Waals surface area contributed by atoms with Crippen LogP contribution < -0.4 is 24.8 Å². The van der Waals surface area contributed by atoms with E-state index in [2.05, 4.69) is 35.4 Å². The number of nitrogens with zero attached hydrogens (tertiary/aromatic N) is 1. The summed E-state index contributed by atoms with van der Waals surface area (Å²) >= 11 is 6.63. The van der Waals surface area contributed by atoms with Crippen molar-refractivity contribution in [1.29, 1.82) is 0 Å². The number of hydrogen-bond acceptors (Lipinski definition) is 6. The Morgan fingerprint density at radius 2 is 1.78 bits per heavy atom. The lowest BCUT2D eigenvalue weighted by atomic mass is 9.88. The van der Waals surface area contributed by atoms with E-state index in [0.717, 1.165) is 48.6 Å². The number of likely N-dealkylation sites (tertiary alicyclic amines) is 1. The number of methoxy groups -OCH3 is 3. The first-order chi connectivity index (χ1) is 17.4. The number of halogens is 1. The molecule has 7 nitrogen and oxygen atoms in total. The Kier molecular flexibility index (Phi) is 8.52. The monoisotopic (exact) mass is 515 g/mol. The van der Waals surface area contributed by atoms with Gasteiger partial charge < -0.3 is 29.7 Å². The molecule has 2 aliphatic heterocycles. The van der Waals surface area contributed by atoms with Crippen LogP contribution in [-0.2, 0) is 11.2 Å². The molecule has 2 N–H and O–H groups in total. The highest BCUT2D eigenvalue weighted by atomic mass is 35.5. The van der Waals surface area contributed by atoms with Gasteiger partial charge in [-0.25, -0.2) is 0 Å². The predicted molar refractivity (Wildman–Crippen MR) is 145 cm³/mol. The fourth-order valence-electron chi connectivity index (χ4n) is 5.37. The molecule has 8 heteroatoms. The van der Waals surface area contributed by atoms with Crippen LogP contribution in [0.4, 0.5) is 11.4 Å². The summed E-state index contributed by atoms with van der Waals surface area (Å²) in [6.07, 6.45) is 3.52. The fraction of sp³-hybridized carbons (Fsp3) is 0.536. The minimum atomic E-state index is -0.203. The zero-order chi connectivity index (χ0) is 25.8. The summed E-state index contributed by atoms with van der Waals surface area (Å²) < 4.78 is 16.6. The van der Waals surface area contributed by atoms with Crippen LogP contribution >= 0.6 is 11.6 Å². The average molecular weight is 516 g/mol. The van der Waals surface area contributed by atoms with E-state index in [-0.39, 0.29) is 11.8 Å². The van der Waals surface area contributed by atoms with Gasteiger partial charge in [-0.2, -0.15) is 0 Å². The van der Waals surface area contributed by atoms with Crippen molar-refractivity contribution >= 4 is 28.9 Å². The predicted octanol–water partition coefficient (Wildman–Crippen LogP) is 5.57. The molecule has 1 amide bonds. The van der Waals surface area contributed by atoms with E-state index in [1.54, 1.807) is 21.3 Å². The summed E-state index contributed by atoms with van der Waals surface area (Å²) in [5.41, 5.74) is 3.82. The molecule has 2 aromatic rings. The van der Waals surface area contributed by atoms with Gasteiger partial charge in [-0.3, -0.25) is 4.79 Å². The molecular formula is C28H38ClN3O4. The number of ether oxygens (including phenoxy) is 3. The van der Waals surface area contributed by atoms with Gasteiger partial charge in [0.15, 0.2) is 11.5 Å². The maximum Gasteiger partial charge on any atom is 0.229 e. The first kappa shape index (κ1) is 26.4. The zero-order valence-corrected chi connectivity index (χ0v) is 22.7. The van der Waals surface area contributed by atoms with Gasteiger partial charge >= 0.3 is 0 Å². The molecule has 0 spiro atoms. The normalized spacial score (nSPS) is 18.7. The molecule has 1 saturated heterocycles. The molecule has 2 heterocycles. The number of hydrogen-bond donors (Lipinski definition) is 2. The van der Waals surface area contributed by atoms with Gasteiger partial charge in [0, 0.05) is 30.0 Å². The molecule has 0 aromatic heterocycles. The summed E-state index contributed by atoms with van der Waals surface area (Å²) in [4.78, 5) is 15.8. The molecule has 0 bridgehead atoms. The third kappa shape index (κ3) is 5.52. The van der Waals surface area contributed by atoms with Gasteiger partial charge in [0.05, 0.1) is 32.3 Å². The highest BCUT2D eigenvalue weighted by molar-refractivity contribution is 6.33. The molecule has 1 atom stereocenters. The van der Waals surface area contributed by atoms with Crippen molar-refractivity contribution in [2.45, 2.75) is 51.5 Å². The minimum absolute atomic E-state index is 0.00361. The Morgan fingerprint density at radius 1 is 1.06 bits per heavy atom. The molecule has 196 valence electrons. The van der Waals surface area contributed by atoms with Crippen LogP contribution in [0.15, 0.2) is 24.3 Å². The summed E-state index contributed by atoms with van der Waals surface area (Å²) in [5, 5.41) is 7.09. The number of fused-ring (bicyclic) bond motifs is 1. The van der Waals surface area contributed by atoms with Gasteiger partial charge in [-0.05, 0) is 87.9 Å². The topological polar surface area (TPSA) is 72.1 Å². The number of nitrogens with one attached hydrogen (secondary N) is 2. The SMILES string of the molecule is COc1ccc(NC(=O)C2CCc3c(cc(OC)c(OC)c3Cl)NC2)cc1C1CCN(C(C)C)CC1. The third-order valence-corrected chi connectivity index (χ3v) is 7.96. The highest BCUT2D eigenvalue weighted by Gasteiger charge is 2.28. The van der Waals surface area contributed by atoms with E-state index >= 15 is 0 Å². The average Bonchev–Trinajstić information content (AvgIpc) is 3.11. The number of carbonyl (C=O) groups is 1. The van der Waals surface area contributed by atoms with Crippen molar-refractivity contribution in [2.75, 3.05) is 51.6 Å². The lowest BCUT2D eigenvalue weighted by molar-refractivity contribution is -0.119. The molecule has 4 rings (SSSR count). The van der Waals surface area contributed by atoms with Crippen LogP contribution in [0, 0.1) is 5.92 Å². The zero-order valence-electron chi connectivity index (χ0n) is 21.9. The quantitative estimate of drug-likeness (QED) is 0.502. The second-order valence-corrected chi connectivity index (χ2v) is 10.3. The van der Waals surface area contributed by atoms with Crippen molar-refractivity contribution in [2.24, 2.45) is 5.92 Å². The van der Waals surface area contributed by atoms with Crippen LogP contribution in [0.2, 0.25) is 5.02 Å². The highest BCUT2D eigenvalue weighted by Crippen LogP contribution is 2.43. The lowest BCUT2D eigenvalue weighted by Crippen LogP contribution is -2.37. The van der Waals surface area contributed by atoms with Gasteiger partial charge in [-0.1, -0.05) is 11.6 Å². The molecule has 1 unspecified atom stereocenters. The number of rotatable bonds is 7. The molecular weight excluding hydrogens is 478 g/mol. The van der Waals surface area contributed by atoms with Crippen LogP contribution in [0.5, 0.6) is 17.2 Å². The standard InChI is InChI=1S/C28H38ClN3O4/c1-17(2)32-12-10-18(11-13-32)22-14-20(7-9-24(22)34-3)31-28(33)19-6-8-21-23(30-16-19)15-25(35-4)27(36-5)26(21)29/h7,9,14-15,17-19,30H,6,8,10-13,16H2,1-5H3,(H,31,33). The van der Waals surface area contributed by atoms with Crippen LogP contribution in [0.3, 0.4) is 0 Å². The summed E-state index contributed by atoms with van der Waals surface area (Å²) in [5.74, 6) is 2.20. The van der Waals surface area contributed by atoms with Crippen molar-refractivity contribution in [3.63, 3.8) is 0 Å². The molecule has 36 heavy (non-hydrogen) atoms. The second-order valence-electron chi connectivity index (χ2n) is 9.92. The largest absolute Gasteiger partial charge is 0.496 e. The Bertz CT molecular complexity index is 1080. The van der Waals surface area contributed by atoms with Crippen molar-refractivity contribution in [1.82, 2.24) is 4.90 Å². The van der Waals surface area contributed by atoms with E-state index in [1.165, 1.54) is 5.56 Å². The fourth-order valence-corrected chi connectivity index (χ4v) is 5.74. The van der Waals surface area contributed by atoms with Crippen molar-refractivity contribution in [3.8, 4) is 17.2 Å². The number of carbonyl (C=O) groups excluding carboxylic acids is 1. The molecule has 0 saturated carbocycles. The maximum atomic E-state index is 13.3. The van der Waals surface area contributed by atoms with Crippen molar-refractivity contribution < 1.29 is 19.0 Å². The number of amides is 1. The lowest BCUT2D eigenvalue weighted by Gasteiger charge is -2.35. The van der Waals surface area contributed by atoms with Gasteiger partial charge in [0.25, 0.3) is 0 Å². The second kappa shape index (κ2) is 11.6. The Balaban J connectivity index is 1.46. The summed E-state index contributed by atoms with van der Waals surface area (Å²) in [6.45, 7) is 7.17. The van der Waals surface area contributed by atoms with E-state index in [0.29, 0.717) is 47.9 Å². The maximum absolute atomic E-state index is 13.3.